The number of nitrogens with zero attached hydrogens (tertiary/aromatic N) is 5. The molecule has 0 bridgehead atoms. The molecule has 0 fully saturated rings. The highest BCUT2D eigenvalue weighted by Gasteiger charge is 2.31. The Labute approximate surface area is 362 Å². The largest absolute Gasteiger partial charge is 0.312 e. The highest BCUT2D eigenvalue weighted by atomic mass is 32.1. The molecule has 4 aromatic heterocycles. The Morgan fingerprint density at radius 2 is 1.27 bits per heavy atom. The fourth-order valence-corrected chi connectivity index (χ4v) is 11.7. The maximum Gasteiger partial charge on any atom is 0.101 e. The molecule has 1 aliphatic carbocycles. The van der Waals surface area contributed by atoms with E-state index in [2.05, 4.69) is 198 Å². The Hall–Kier alpha value is -7.64. The van der Waals surface area contributed by atoms with E-state index in [0.29, 0.717) is 17.9 Å². The minimum atomic E-state index is -0.532. The number of rotatable bonds is 5. The monoisotopic (exact) mass is 813 g/mol. The van der Waals surface area contributed by atoms with Crippen LogP contribution in [0, 0.1) is 28.6 Å². The van der Waals surface area contributed by atoms with Gasteiger partial charge >= 0.3 is 0 Å². The number of hydrogen-bond donors (Lipinski definition) is 0. The van der Waals surface area contributed by atoms with Crippen molar-refractivity contribution < 1.29 is 0 Å². The van der Waals surface area contributed by atoms with E-state index < -0.39 is 5.92 Å². The van der Waals surface area contributed by atoms with Crippen LogP contribution < -0.4 is 0 Å². The summed E-state index contributed by atoms with van der Waals surface area (Å²) in [6.07, 6.45) is 6.75. The van der Waals surface area contributed by atoms with Crippen LogP contribution >= 0.6 is 11.3 Å². The van der Waals surface area contributed by atoms with Gasteiger partial charge in [0, 0.05) is 76.3 Å². The highest BCUT2D eigenvalue weighted by molar-refractivity contribution is 7.26. The Balaban J connectivity index is 1.17. The van der Waals surface area contributed by atoms with Gasteiger partial charge in [0.15, 0.2) is 0 Å². The number of hydrogen-bond acceptors (Lipinski definition) is 3. The van der Waals surface area contributed by atoms with E-state index in [1.807, 2.05) is 17.4 Å². The second kappa shape index (κ2) is 13.7. The van der Waals surface area contributed by atoms with Crippen molar-refractivity contribution in [2.24, 2.45) is 5.92 Å². The molecule has 0 aliphatic heterocycles. The molecule has 4 heterocycles. The number of fused-ring (bicyclic) bond motifs is 13. The van der Waals surface area contributed by atoms with Crippen LogP contribution in [0.25, 0.3) is 109 Å². The SMILES string of the molecule is C/C=C\c1c(C(C)C)c2ccccc2n1-c1ccc2c(c1)c1c3c(ccc1n2C1=CC(C#N)=C(n2c4ccccc4c4c5ccccc5ccc42)CC1C#N)sc1ccccc13. The van der Waals surface area contributed by atoms with Crippen LogP contribution in [0.2, 0.25) is 0 Å². The number of allylic oxidation sites excluding steroid dienone is 5. The lowest BCUT2D eigenvalue weighted by molar-refractivity contribution is 0.799. The highest BCUT2D eigenvalue weighted by Crippen LogP contribution is 2.48. The van der Waals surface area contributed by atoms with Gasteiger partial charge in [-0.25, -0.2) is 0 Å². The average Bonchev–Trinajstić information content (AvgIpc) is 4.04. The fourth-order valence-electron chi connectivity index (χ4n) is 10.6. The van der Waals surface area contributed by atoms with Crippen molar-refractivity contribution in [2.75, 3.05) is 0 Å². The van der Waals surface area contributed by atoms with Crippen LogP contribution in [0.4, 0.5) is 0 Å². The van der Waals surface area contributed by atoms with E-state index in [1.165, 1.54) is 53.1 Å². The number of thiophene rings is 1. The van der Waals surface area contributed by atoms with Gasteiger partial charge in [-0.1, -0.05) is 105 Å². The van der Waals surface area contributed by atoms with E-state index in [1.54, 1.807) is 0 Å². The van der Waals surface area contributed by atoms with Gasteiger partial charge in [-0.15, -0.1) is 11.3 Å². The number of nitriles is 2. The maximum atomic E-state index is 11.2. The predicted molar refractivity (Wildman–Crippen MR) is 262 cm³/mol. The summed E-state index contributed by atoms with van der Waals surface area (Å²) in [5.74, 6) is -0.208. The van der Waals surface area contributed by atoms with E-state index in [0.717, 1.165) is 60.7 Å². The summed E-state index contributed by atoms with van der Waals surface area (Å²) in [5, 5.41) is 32.9. The summed E-state index contributed by atoms with van der Waals surface area (Å²) in [4.78, 5) is 0. The van der Waals surface area contributed by atoms with Crippen LogP contribution in [0.3, 0.4) is 0 Å². The molecule has 0 radical (unpaired) electrons. The van der Waals surface area contributed by atoms with E-state index in [9.17, 15) is 10.5 Å². The molecule has 1 atom stereocenters. The third-order valence-corrected chi connectivity index (χ3v) is 14.2. The Bertz CT molecular complexity index is 3920. The van der Waals surface area contributed by atoms with Gasteiger partial charge in [0.2, 0.25) is 0 Å². The standard InChI is InChI=1S/C56H39N5S/c1-4-13-46-53(33(2)3)39-16-7-10-19-43(39)59(46)37-23-25-45-42(30-37)55-48(26-27-52-56(55)41-18-9-12-21-51(41)62-52)61(45)50-29-35(31-57)49(28-36(50)32-58)60-44-20-11-8-17-40(44)54-38-15-6-5-14-34(38)22-24-47(54)60/h4-27,29-30,33,36H,28H2,1-3H3/b13-4-. The molecule has 0 saturated heterocycles. The topological polar surface area (TPSA) is 62.4 Å². The minimum Gasteiger partial charge on any atom is -0.312 e. The maximum absolute atomic E-state index is 11.2. The first-order chi connectivity index (χ1) is 30.5. The van der Waals surface area contributed by atoms with Crippen molar-refractivity contribution in [2.45, 2.75) is 33.1 Å². The second-order valence-corrected chi connectivity index (χ2v) is 17.8. The molecule has 0 N–H and O–H groups in total. The first kappa shape index (κ1) is 36.2. The van der Waals surface area contributed by atoms with Crippen LogP contribution in [0.1, 0.15) is 44.4 Å². The van der Waals surface area contributed by atoms with Crippen molar-refractivity contribution in [1.82, 2.24) is 13.7 Å². The minimum absolute atomic E-state index is 0.324. The van der Waals surface area contributed by atoms with Gasteiger partial charge in [-0.05, 0) is 95.9 Å². The summed E-state index contributed by atoms with van der Waals surface area (Å²) in [5.41, 5.74) is 11.1. The van der Waals surface area contributed by atoms with E-state index in [4.69, 9.17) is 0 Å². The summed E-state index contributed by atoms with van der Waals surface area (Å²) in [6.45, 7) is 6.64. The molecule has 1 aliphatic rings. The van der Waals surface area contributed by atoms with Gasteiger partial charge in [0.1, 0.15) is 6.07 Å². The van der Waals surface area contributed by atoms with Gasteiger partial charge in [-0.2, -0.15) is 10.5 Å². The van der Waals surface area contributed by atoms with Gasteiger partial charge in [-0.3, -0.25) is 0 Å². The van der Waals surface area contributed by atoms with Gasteiger partial charge in [0.25, 0.3) is 0 Å². The Morgan fingerprint density at radius 1 is 0.613 bits per heavy atom. The van der Waals surface area contributed by atoms with Crippen molar-refractivity contribution >= 4 is 114 Å². The van der Waals surface area contributed by atoms with E-state index in [-0.39, 0.29) is 0 Å². The predicted octanol–water partition coefficient (Wildman–Crippen LogP) is 15.3. The number of aromatic nitrogens is 3. The van der Waals surface area contributed by atoms with Crippen molar-refractivity contribution in [3.63, 3.8) is 0 Å². The molecule has 62 heavy (non-hydrogen) atoms. The Kier molecular flexibility index (Phi) is 8.00. The molecule has 11 aromatic rings. The molecule has 294 valence electrons. The van der Waals surface area contributed by atoms with Crippen LogP contribution in [-0.4, -0.2) is 13.7 Å². The third kappa shape index (κ3) is 4.99. The lowest BCUT2D eigenvalue weighted by Gasteiger charge is -2.25. The summed E-state index contributed by atoms with van der Waals surface area (Å²) in [7, 11) is 0. The molecule has 12 rings (SSSR count). The molecule has 0 spiro atoms. The molecule has 0 amide bonds. The molecule has 6 heteroatoms. The quantitative estimate of drug-likeness (QED) is 0.174. The number of para-hydroxylation sites is 2. The molecule has 1 unspecified atom stereocenters. The van der Waals surface area contributed by atoms with Crippen LogP contribution in [0.15, 0.2) is 157 Å². The van der Waals surface area contributed by atoms with Gasteiger partial charge < -0.3 is 13.7 Å². The van der Waals surface area contributed by atoms with Crippen LogP contribution in [0.5, 0.6) is 0 Å². The molecule has 0 saturated carbocycles. The smallest absolute Gasteiger partial charge is 0.101 e. The first-order valence-electron chi connectivity index (χ1n) is 21.3. The first-order valence-corrected chi connectivity index (χ1v) is 22.1. The average molecular weight is 814 g/mol. The molecular weight excluding hydrogens is 775 g/mol. The zero-order valence-electron chi connectivity index (χ0n) is 34.5. The number of benzene rings is 7. The zero-order valence-corrected chi connectivity index (χ0v) is 35.3. The molecule has 7 aromatic carbocycles. The van der Waals surface area contributed by atoms with Gasteiger partial charge in [0.05, 0.1) is 45.1 Å². The Morgan fingerprint density at radius 3 is 2.05 bits per heavy atom. The summed E-state index contributed by atoms with van der Waals surface area (Å²) < 4.78 is 9.39. The summed E-state index contributed by atoms with van der Waals surface area (Å²) >= 11 is 1.81. The third-order valence-electron chi connectivity index (χ3n) is 13.1. The lowest BCUT2D eigenvalue weighted by atomic mass is 9.91. The van der Waals surface area contributed by atoms with Crippen LogP contribution in [-0.2, 0) is 0 Å². The zero-order chi connectivity index (χ0) is 41.8. The van der Waals surface area contributed by atoms with Crippen molar-refractivity contribution in [3.05, 3.63) is 169 Å². The van der Waals surface area contributed by atoms with Crippen molar-refractivity contribution in [1.29, 1.82) is 10.5 Å². The van der Waals surface area contributed by atoms with E-state index >= 15 is 0 Å². The summed E-state index contributed by atoms with van der Waals surface area (Å²) in [6, 6.07) is 55.3. The second-order valence-electron chi connectivity index (χ2n) is 16.7. The normalized spacial score (nSPS) is 14.9. The molecular formula is C56H39N5S. The fraction of sp³-hybridized carbons (Fsp3) is 0.107. The van der Waals surface area contributed by atoms with Crippen molar-refractivity contribution in [3.8, 4) is 17.8 Å². The molecule has 5 nitrogen and oxygen atoms in total. The lowest BCUT2D eigenvalue weighted by Crippen LogP contribution is -2.16.